The zero-order valence-electron chi connectivity index (χ0n) is 18.5. The number of benzene rings is 1. The van der Waals surface area contributed by atoms with Gasteiger partial charge in [-0.3, -0.25) is 9.48 Å². The van der Waals surface area contributed by atoms with Crippen LogP contribution in [0.1, 0.15) is 32.1 Å². The third kappa shape index (κ3) is 5.46. The fourth-order valence-corrected chi connectivity index (χ4v) is 4.43. The number of carbonyl (C=O) groups excluding carboxylic acids is 1. The molecule has 32 heavy (non-hydrogen) atoms. The monoisotopic (exact) mass is 444 g/mol. The number of aryl methyl sites for hydroxylation is 1. The molecular weight excluding hydrogens is 412 g/mol. The number of ether oxygens (including phenoxy) is 3. The van der Waals surface area contributed by atoms with E-state index in [1.807, 2.05) is 30.5 Å². The van der Waals surface area contributed by atoms with Gasteiger partial charge in [0.05, 0.1) is 32.1 Å². The molecule has 0 bridgehead atoms. The van der Waals surface area contributed by atoms with E-state index < -0.39 is 6.10 Å². The lowest BCUT2D eigenvalue weighted by molar-refractivity contribution is -0.134. The van der Waals surface area contributed by atoms with Crippen LogP contribution in [-0.2, 0) is 20.8 Å². The fraction of sp³-hybridized carbons (Fsp3) is 0.609. The normalized spacial score (nSPS) is 24.2. The number of aliphatic hydroxyl groups excluding tert-OH is 1. The molecular formula is C23H32N4O5. The van der Waals surface area contributed by atoms with Crippen molar-refractivity contribution in [2.45, 2.75) is 56.9 Å². The van der Waals surface area contributed by atoms with Gasteiger partial charge in [-0.15, -0.1) is 5.10 Å². The molecule has 9 heteroatoms. The van der Waals surface area contributed by atoms with Gasteiger partial charge in [0.15, 0.2) is 0 Å². The molecule has 0 radical (unpaired) electrons. The summed E-state index contributed by atoms with van der Waals surface area (Å²) in [5.41, 5.74) is 1.66. The van der Waals surface area contributed by atoms with Crippen LogP contribution in [0.3, 0.4) is 0 Å². The van der Waals surface area contributed by atoms with Crippen molar-refractivity contribution < 1.29 is 24.1 Å². The van der Waals surface area contributed by atoms with E-state index in [9.17, 15) is 9.90 Å². The number of nitrogens with one attached hydrogen (secondary N) is 1. The van der Waals surface area contributed by atoms with Crippen LogP contribution >= 0.6 is 0 Å². The van der Waals surface area contributed by atoms with Gasteiger partial charge in [-0.2, -0.15) is 0 Å². The highest BCUT2D eigenvalue weighted by atomic mass is 16.5. The molecule has 9 nitrogen and oxygen atoms in total. The van der Waals surface area contributed by atoms with Crippen LogP contribution in [0.4, 0.5) is 0 Å². The van der Waals surface area contributed by atoms with Crippen molar-refractivity contribution in [3.05, 3.63) is 30.5 Å². The van der Waals surface area contributed by atoms with Gasteiger partial charge in [-0.1, -0.05) is 17.3 Å². The lowest BCUT2D eigenvalue weighted by Gasteiger charge is -2.37. The van der Waals surface area contributed by atoms with Gasteiger partial charge in [-0.25, -0.2) is 0 Å². The van der Waals surface area contributed by atoms with E-state index in [0.717, 1.165) is 49.1 Å². The molecule has 3 atom stereocenters. The number of amides is 1. The minimum Gasteiger partial charge on any atom is -0.496 e. The average Bonchev–Trinajstić information content (AvgIpc) is 3.32. The van der Waals surface area contributed by atoms with Crippen LogP contribution in [0.5, 0.6) is 5.75 Å². The number of aliphatic hydroxyl groups is 1. The second-order valence-electron chi connectivity index (χ2n) is 8.41. The summed E-state index contributed by atoms with van der Waals surface area (Å²) in [5.74, 6) is 0.797. The summed E-state index contributed by atoms with van der Waals surface area (Å²) in [4.78, 5) is 12.6. The molecule has 2 aliphatic heterocycles. The topological polar surface area (TPSA) is 108 Å². The van der Waals surface area contributed by atoms with E-state index in [2.05, 4.69) is 15.6 Å². The molecule has 0 spiro atoms. The highest BCUT2D eigenvalue weighted by Crippen LogP contribution is 2.28. The van der Waals surface area contributed by atoms with Gasteiger partial charge in [0.1, 0.15) is 17.5 Å². The molecule has 1 aromatic heterocycles. The summed E-state index contributed by atoms with van der Waals surface area (Å²) in [6, 6.07) is 7.56. The highest BCUT2D eigenvalue weighted by Gasteiger charge is 2.33. The molecule has 0 unspecified atom stereocenters. The Labute approximate surface area is 188 Å². The maximum absolute atomic E-state index is 12.6. The summed E-state index contributed by atoms with van der Waals surface area (Å²) in [6.07, 6.45) is 5.38. The van der Waals surface area contributed by atoms with Crippen molar-refractivity contribution in [2.75, 3.05) is 26.9 Å². The lowest BCUT2D eigenvalue weighted by atomic mass is 9.94. The summed E-state index contributed by atoms with van der Waals surface area (Å²) in [6.45, 7) is 1.80. The first-order valence-corrected chi connectivity index (χ1v) is 11.4. The zero-order chi connectivity index (χ0) is 22.3. The van der Waals surface area contributed by atoms with Crippen molar-refractivity contribution in [3.8, 4) is 17.0 Å². The largest absolute Gasteiger partial charge is 0.496 e. The average molecular weight is 445 g/mol. The molecule has 2 saturated heterocycles. The Bertz CT molecular complexity index is 883. The first kappa shape index (κ1) is 22.7. The maximum atomic E-state index is 12.6. The van der Waals surface area contributed by atoms with Crippen LogP contribution in [0.2, 0.25) is 0 Å². The van der Waals surface area contributed by atoms with Crippen LogP contribution in [0.25, 0.3) is 11.3 Å². The Hall–Kier alpha value is -2.49. The van der Waals surface area contributed by atoms with Crippen LogP contribution in [0.15, 0.2) is 30.5 Å². The van der Waals surface area contributed by atoms with Crippen molar-refractivity contribution in [1.29, 1.82) is 0 Å². The van der Waals surface area contributed by atoms with Gasteiger partial charge >= 0.3 is 0 Å². The fourth-order valence-electron chi connectivity index (χ4n) is 4.43. The summed E-state index contributed by atoms with van der Waals surface area (Å²) < 4.78 is 18.7. The predicted molar refractivity (Wildman–Crippen MR) is 117 cm³/mol. The molecule has 2 fully saturated rings. The summed E-state index contributed by atoms with van der Waals surface area (Å²) in [5, 5.41) is 21.4. The van der Waals surface area contributed by atoms with E-state index in [0.29, 0.717) is 19.8 Å². The number of hydrogen-bond acceptors (Lipinski definition) is 7. The van der Waals surface area contributed by atoms with E-state index in [1.54, 1.807) is 11.8 Å². The zero-order valence-corrected chi connectivity index (χ0v) is 18.5. The molecule has 2 aromatic rings. The Morgan fingerprint density at radius 3 is 2.84 bits per heavy atom. The van der Waals surface area contributed by atoms with Gasteiger partial charge < -0.3 is 24.6 Å². The Kier molecular flexibility index (Phi) is 7.72. The third-order valence-electron chi connectivity index (χ3n) is 6.32. The Morgan fingerprint density at radius 2 is 2.06 bits per heavy atom. The van der Waals surface area contributed by atoms with E-state index in [4.69, 9.17) is 14.2 Å². The van der Waals surface area contributed by atoms with Gasteiger partial charge in [0, 0.05) is 31.2 Å². The first-order valence-electron chi connectivity index (χ1n) is 11.4. The Balaban J connectivity index is 1.28. The Morgan fingerprint density at radius 1 is 1.25 bits per heavy atom. The number of rotatable bonds is 8. The van der Waals surface area contributed by atoms with Crippen molar-refractivity contribution in [2.24, 2.45) is 5.92 Å². The second kappa shape index (κ2) is 10.9. The lowest BCUT2D eigenvalue weighted by Crippen LogP contribution is -2.52. The SMILES string of the molecule is COc1ccccc1-c1cn(CC[C@@H]2CC[C@@H](NC(=O)C3CCOCC3)[C@@H](CO)O2)nn1. The molecule has 2 aliphatic rings. The minimum absolute atomic E-state index is 0.00212. The van der Waals surface area contributed by atoms with E-state index in [1.165, 1.54) is 0 Å². The first-order chi connectivity index (χ1) is 15.7. The standard InChI is InChI=1S/C23H32N4O5/c1-30-21-5-3-2-4-18(21)20-14-27(26-25-20)11-8-17-6-7-19(22(15-28)32-17)24-23(29)16-9-12-31-13-10-16/h2-5,14,16-17,19,22,28H,6-13,15H2,1H3,(H,24,29)/t17-,19+,22+/m0/s1. The maximum Gasteiger partial charge on any atom is 0.223 e. The molecule has 174 valence electrons. The molecule has 1 amide bonds. The van der Waals surface area contributed by atoms with Crippen LogP contribution in [-0.4, -0.2) is 71.2 Å². The molecule has 1 aromatic carbocycles. The predicted octanol–water partition coefficient (Wildman–Crippen LogP) is 1.80. The van der Waals surface area contributed by atoms with Crippen LogP contribution in [0, 0.1) is 5.92 Å². The minimum atomic E-state index is -0.391. The molecule has 0 aliphatic carbocycles. The summed E-state index contributed by atoms with van der Waals surface area (Å²) >= 11 is 0. The number of aromatic nitrogens is 3. The smallest absolute Gasteiger partial charge is 0.223 e. The van der Waals surface area contributed by atoms with Gasteiger partial charge in [0.2, 0.25) is 5.91 Å². The van der Waals surface area contributed by atoms with Gasteiger partial charge in [-0.05, 0) is 44.2 Å². The quantitative estimate of drug-likeness (QED) is 0.639. The molecule has 3 heterocycles. The number of methoxy groups -OCH3 is 1. The van der Waals surface area contributed by atoms with Crippen molar-refractivity contribution >= 4 is 5.91 Å². The van der Waals surface area contributed by atoms with E-state index >= 15 is 0 Å². The number of para-hydroxylation sites is 1. The van der Waals surface area contributed by atoms with Gasteiger partial charge in [0.25, 0.3) is 0 Å². The number of nitrogens with zero attached hydrogens (tertiary/aromatic N) is 3. The van der Waals surface area contributed by atoms with Crippen LogP contribution < -0.4 is 10.1 Å². The molecule has 4 rings (SSSR count). The summed E-state index contributed by atoms with van der Waals surface area (Å²) in [7, 11) is 1.64. The highest BCUT2D eigenvalue weighted by molar-refractivity contribution is 5.79. The van der Waals surface area contributed by atoms with Crippen molar-refractivity contribution in [3.63, 3.8) is 0 Å². The number of carbonyl (C=O) groups is 1. The van der Waals surface area contributed by atoms with Crippen molar-refractivity contribution in [1.82, 2.24) is 20.3 Å². The molecule has 2 N–H and O–H groups in total. The second-order valence-corrected chi connectivity index (χ2v) is 8.41. The molecule has 0 saturated carbocycles. The van der Waals surface area contributed by atoms with E-state index in [-0.39, 0.29) is 30.6 Å². The third-order valence-corrected chi connectivity index (χ3v) is 6.32. The number of hydrogen-bond donors (Lipinski definition) is 2.